The zero-order chi connectivity index (χ0) is 55.0. The highest BCUT2D eigenvalue weighted by atomic mass is 16.3. The van der Waals surface area contributed by atoms with Gasteiger partial charge in [0.05, 0.1) is 0 Å². The van der Waals surface area contributed by atoms with Crippen molar-refractivity contribution in [3.8, 4) is 22.3 Å². The Morgan fingerprint density at radius 2 is 0.536 bits per heavy atom. The molecule has 6 nitrogen and oxygen atoms in total. The maximum atomic E-state index is 7.37. The summed E-state index contributed by atoms with van der Waals surface area (Å²) in [6, 6.07) is 98.8. The molecular weight excluding hydrogens is 1030 g/mol. The fourth-order valence-electron chi connectivity index (χ4n) is 13.4. The molecule has 392 valence electrons. The van der Waals surface area contributed by atoms with Crippen LogP contribution in [0.1, 0.15) is 0 Å². The van der Waals surface area contributed by atoms with Crippen LogP contribution in [0.15, 0.2) is 297 Å². The van der Waals surface area contributed by atoms with Crippen LogP contribution < -0.4 is 9.80 Å². The summed E-state index contributed by atoms with van der Waals surface area (Å²) < 4.78 is 28.0. The van der Waals surface area contributed by atoms with E-state index in [0.29, 0.717) is 0 Å². The van der Waals surface area contributed by atoms with E-state index in [1.54, 1.807) is 0 Å². The lowest BCUT2D eigenvalue weighted by Gasteiger charge is -2.25. The predicted molar refractivity (Wildman–Crippen MR) is 348 cm³/mol. The van der Waals surface area contributed by atoms with Gasteiger partial charge >= 0.3 is 0 Å². The number of fused-ring (bicyclic) bond motifs is 19. The molecule has 0 spiro atoms. The van der Waals surface area contributed by atoms with Gasteiger partial charge in [0.25, 0.3) is 0 Å². The minimum Gasteiger partial charge on any atom is -0.456 e. The van der Waals surface area contributed by atoms with Gasteiger partial charge in [-0.1, -0.05) is 158 Å². The van der Waals surface area contributed by atoms with Crippen molar-refractivity contribution in [2.75, 3.05) is 9.80 Å². The SMILES string of the molecule is c1ccc(-c2cc3c(cc(-c4ccccc4)c4c5ccc(N(c6ccccc6)c6ccc7c(c6)oc6ccc8ccccc8c67)cc5oc34)c3oc4cc(N(c5ccccc5)c5ccc6c(c5)oc5ccc7ccccc7c56)ccc4c23)cc1. The van der Waals surface area contributed by atoms with Gasteiger partial charge in [-0.05, 0) is 141 Å². The zero-order valence-electron chi connectivity index (χ0n) is 45.1. The molecule has 4 aromatic heterocycles. The van der Waals surface area contributed by atoms with Crippen LogP contribution in [0.3, 0.4) is 0 Å². The van der Waals surface area contributed by atoms with E-state index in [9.17, 15) is 0 Å². The first-order chi connectivity index (χ1) is 41.6. The summed E-state index contributed by atoms with van der Waals surface area (Å²) in [6.07, 6.45) is 0. The highest BCUT2D eigenvalue weighted by molar-refractivity contribution is 6.30. The second-order valence-electron chi connectivity index (χ2n) is 21.9. The molecule has 0 aliphatic rings. The van der Waals surface area contributed by atoms with E-state index in [0.717, 1.165) is 155 Å². The molecule has 4 heterocycles. The molecule has 0 aliphatic carbocycles. The summed E-state index contributed by atoms with van der Waals surface area (Å²) in [4.78, 5) is 4.57. The number of furan rings is 4. The molecule has 0 atom stereocenters. The molecule has 14 aromatic carbocycles. The second kappa shape index (κ2) is 18.1. The van der Waals surface area contributed by atoms with Gasteiger partial charge in [0.1, 0.15) is 44.7 Å². The van der Waals surface area contributed by atoms with Gasteiger partial charge in [-0.2, -0.15) is 0 Å². The van der Waals surface area contributed by atoms with Gasteiger partial charge < -0.3 is 27.5 Å². The molecule has 0 amide bonds. The van der Waals surface area contributed by atoms with Gasteiger partial charge in [-0.25, -0.2) is 0 Å². The van der Waals surface area contributed by atoms with Crippen molar-refractivity contribution in [3.05, 3.63) is 279 Å². The van der Waals surface area contributed by atoms with Gasteiger partial charge in [-0.15, -0.1) is 0 Å². The molecular formula is C78H46N2O4. The summed E-state index contributed by atoms with van der Waals surface area (Å²) in [5, 5.41) is 15.2. The van der Waals surface area contributed by atoms with E-state index < -0.39 is 0 Å². The third kappa shape index (κ3) is 7.04. The first kappa shape index (κ1) is 46.4. The molecule has 0 unspecified atom stereocenters. The molecule has 0 bridgehead atoms. The van der Waals surface area contributed by atoms with Crippen LogP contribution in [-0.4, -0.2) is 0 Å². The lowest BCUT2D eigenvalue weighted by molar-refractivity contribution is 0.668. The van der Waals surface area contributed by atoms with Crippen LogP contribution in [0.4, 0.5) is 34.1 Å². The normalized spacial score (nSPS) is 12.0. The molecule has 84 heavy (non-hydrogen) atoms. The molecule has 0 saturated heterocycles. The summed E-state index contributed by atoms with van der Waals surface area (Å²) in [6.45, 7) is 0. The van der Waals surface area contributed by atoms with E-state index >= 15 is 0 Å². The Balaban J connectivity index is 0.841. The quantitative estimate of drug-likeness (QED) is 0.151. The van der Waals surface area contributed by atoms with Crippen LogP contribution >= 0.6 is 0 Å². The molecule has 0 fully saturated rings. The average molecular weight is 1080 g/mol. The Morgan fingerprint density at radius 3 is 0.929 bits per heavy atom. The maximum absolute atomic E-state index is 7.37. The van der Waals surface area contributed by atoms with Crippen LogP contribution in [0.5, 0.6) is 0 Å². The van der Waals surface area contributed by atoms with E-state index in [1.807, 2.05) is 0 Å². The van der Waals surface area contributed by atoms with Gasteiger partial charge in [0.15, 0.2) is 0 Å². The molecule has 18 rings (SSSR count). The van der Waals surface area contributed by atoms with Gasteiger partial charge in [0, 0.05) is 112 Å². The Hall–Kier alpha value is -11.3. The van der Waals surface area contributed by atoms with Crippen molar-refractivity contribution in [1.29, 1.82) is 0 Å². The fraction of sp³-hybridized carbons (Fsp3) is 0. The first-order valence-corrected chi connectivity index (χ1v) is 28.5. The third-order valence-corrected chi connectivity index (χ3v) is 17.2. The summed E-state index contributed by atoms with van der Waals surface area (Å²) in [5.41, 5.74) is 16.7. The standard InChI is InChI=1S/C78H46N2O4/c1-5-17-47(18-6-1)63-45-65-66(77-75(63)61-37-33-55(43-71(61)83-77)79(51-23-9-3-10-24-51)53-31-35-59-69(41-53)81-67-39-29-49-21-13-15-27-57(49)73(59)67)46-64(48-19-7-2-8-20-48)76-62-38-34-56(44-72(62)84-78(65)76)80(52-25-11-4-12-26-52)54-32-36-60-70(42-54)82-68-40-30-50-22-14-16-28-58(50)74(60)68/h1-46H. The Morgan fingerprint density at radius 1 is 0.202 bits per heavy atom. The molecule has 0 aliphatic heterocycles. The van der Waals surface area contributed by atoms with Crippen LogP contribution in [0, 0.1) is 0 Å². The predicted octanol–water partition coefficient (Wildman–Crippen LogP) is 23.0. The molecule has 0 saturated carbocycles. The average Bonchev–Trinajstić information content (AvgIpc) is 3.13. The number of anilines is 6. The Labute approximate surface area is 480 Å². The topological polar surface area (TPSA) is 59.0 Å². The van der Waals surface area contributed by atoms with Gasteiger partial charge in [0.2, 0.25) is 0 Å². The van der Waals surface area contributed by atoms with Crippen molar-refractivity contribution in [2.45, 2.75) is 0 Å². The number of rotatable bonds is 8. The largest absolute Gasteiger partial charge is 0.456 e. The maximum Gasteiger partial charge on any atom is 0.144 e. The number of hydrogen-bond acceptors (Lipinski definition) is 6. The van der Waals surface area contributed by atoms with Crippen molar-refractivity contribution in [2.24, 2.45) is 0 Å². The smallest absolute Gasteiger partial charge is 0.144 e. The Bertz CT molecular complexity index is 5330. The first-order valence-electron chi connectivity index (χ1n) is 28.5. The summed E-state index contributed by atoms with van der Waals surface area (Å²) in [5.74, 6) is 0. The molecule has 6 heteroatoms. The molecule has 18 aromatic rings. The van der Waals surface area contributed by atoms with E-state index in [2.05, 4.69) is 289 Å². The van der Waals surface area contributed by atoms with Crippen LogP contribution in [-0.2, 0) is 0 Å². The minimum atomic E-state index is 0.773. The lowest BCUT2D eigenvalue weighted by Crippen LogP contribution is -2.09. The van der Waals surface area contributed by atoms with E-state index in [1.165, 1.54) is 21.5 Å². The zero-order valence-corrected chi connectivity index (χ0v) is 45.1. The lowest BCUT2D eigenvalue weighted by atomic mass is 9.91. The van der Waals surface area contributed by atoms with Crippen molar-refractivity contribution in [3.63, 3.8) is 0 Å². The monoisotopic (exact) mass is 1070 g/mol. The van der Waals surface area contributed by atoms with Crippen LogP contribution in [0.25, 0.3) is 142 Å². The van der Waals surface area contributed by atoms with Crippen molar-refractivity contribution in [1.82, 2.24) is 0 Å². The molecule has 0 N–H and O–H groups in total. The Kier molecular flexibility index (Phi) is 9.99. The second-order valence-corrected chi connectivity index (χ2v) is 21.9. The number of hydrogen-bond donors (Lipinski definition) is 0. The summed E-state index contributed by atoms with van der Waals surface area (Å²) >= 11 is 0. The van der Waals surface area contributed by atoms with E-state index in [4.69, 9.17) is 17.7 Å². The minimum absolute atomic E-state index is 0.773. The molecule has 0 radical (unpaired) electrons. The van der Waals surface area contributed by atoms with Crippen molar-refractivity contribution < 1.29 is 17.7 Å². The third-order valence-electron chi connectivity index (χ3n) is 17.2. The highest BCUT2D eigenvalue weighted by Gasteiger charge is 2.26. The highest BCUT2D eigenvalue weighted by Crippen LogP contribution is 2.50. The van der Waals surface area contributed by atoms with Gasteiger partial charge in [-0.3, -0.25) is 0 Å². The fourth-order valence-corrected chi connectivity index (χ4v) is 13.4. The number of benzene rings is 14. The summed E-state index contributed by atoms with van der Waals surface area (Å²) in [7, 11) is 0. The van der Waals surface area contributed by atoms with E-state index in [-0.39, 0.29) is 0 Å². The number of nitrogens with zero attached hydrogens (tertiary/aromatic N) is 2. The van der Waals surface area contributed by atoms with Crippen LogP contribution in [0.2, 0.25) is 0 Å². The number of para-hydroxylation sites is 2. The van der Waals surface area contributed by atoms with Crippen molar-refractivity contribution >= 4 is 154 Å².